The highest BCUT2D eigenvalue weighted by Gasteiger charge is 2.35. The molecular formula is C20H21F3N2O2. The molecular weight excluding hydrogens is 357 g/mol. The van der Waals surface area contributed by atoms with Gasteiger partial charge in [-0.1, -0.05) is 42.5 Å². The van der Waals surface area contributed by atoms with Crippen LogP contribution in [0.4, 0.5) is 13.2 Å². The first-order valence-corrected chi connectivity index (χ1v) is 8.65. The maximum absolute atomic E-state index is 13.5. The normalized spacial score (nSPS) is 16.7. The van der Waals surface area contributed by atoms with Crippen LogP contribution in [0.5, 0.6) is 0 Å². The highest BCUT2D eigenvalue weighted by atomic mass is 19.4. The third-order valence-electron chi connectivity index (χ3n) is 4.54. The van der Waals surface area contributed by atoms with Crippen LogP contribution in [0.2, 0.25) is 0 Å². The van der Waals surface area contributed by atoms with Gasteiger partial charge in [-0.2, -0.15) is 13.2 Å². The molecule has 1 heterocycles. The van der Waals surface area contributed by atoms with Crippen molar-refractivity contribution in [1.82, 2.24) is 10.2 Å². The van der Waals surface area contributed by atoms with E-state index in [1.54, 1.807) is 12.1 Å². The Morgan fingerprint density at radius 2 is 1.56 bits per heavy atom. The van der Waals surface area contributed by atoms with Crippen LogP contribution in [0, 0.1) is 0 Å². The number of alkyl halides is 3. The van der Waals surface area contributed by atoms with Gasteiger partial charge in [0, 0.05) is 24.4 Å². The van der Waals surface area contributed by atoms with E-state index in [0.717, 1.165) is 17.2 Å². The van der Waals surface area contributed by atoms with Gasteiger partial charge in [0.1, 0.15) is 6.17 Å². The summed E-state index contributed by atoms with van der Waals surface area (Å²) in [4.78, 5) is 1.81. The third-order valence-corrected chi connectivity index (χ3v) is 4.54. The number of halogens is 3. The molecule has 144 valence electrons. The minimum Gasteiger partial charge on any atom is -0.395 e. The highest BCUT2D eigenvalue weighted by molar-refractivity contribution is 5.85. The molecule has 3 rings (SSSR count). The monoisotopic (exact) mass is 378 g/mol. The zero-order chi connectivity index (χ0) is 19.4. The van der Waals surface area contributed by atoms with E-state index in [1.807, 2.05) is 29.2 Å². The van der Waals surface area contributed by atoms with Crippen molar-refractivity contribution in [2.75, 3.05) is 26.3 Å². The molecule has 0 aliphatic carbocycles. The predicted molar refractivity (Wildman–Crippen MR) is 97.4 cm³/mol. The average Bonchev–Trinajstić information content (AvgIpc) is 2.66. The maximum Gasteiger partial charge on any atom is 0.417 e. The van der Waals surface area contributed by atoms with Crippen LogP contribution in [-0.2, 0) is 6.18 Å². The zero-order valence-electron chi connectivity index (χ0n) is 14.6. The lowest BCUT2D eigenvalue weighted by Gasteiger charge is -2.37. The van der Waals surface area contributed by atoms with Gasteiger partial charge in [0.15, 0.2) is 0 Å². The molecule has 0 radical (unpaired) electrons. The summed E-state index contributed by atoms with van der Waals surface area (Å²) in [5.41, 5.74) is 1.39. The first kappa shape index (κ1) is 19.4. The number of hydrogen-bond donors (Lipinski definition) is 3. The second kappa shape index (κ2) is 8.12. The second-order valence-electron chi connectivity index (χ2n) is 6.26. The van der Waals surface area contributed by atoms with Crippen molar-refractivity contribution < 1.29 is 23.4 Å². The van der Waals surface area contributed by atoms with Crippen LogP contribution in [0.3, 0.4) is 0 Å². The Bertz CT molecular complexity index is 815. The summed E-state index contributed by atoms with van der Waals surface area (Å²) in [5.74, 6) is 0. The Hall–Kier alpha value is -2.35. The molecule has 1 atom stereocenters. The molecule has 27 heavy (non-hydrogen) atoms. The summed E-state index contributed by atoms with van der Waals surface area (Å²) >= 11 is 0. The number of hydrogen-bond acceptors (Lipinski definition) is 4. The standard InChI is InChI=1S/C20H21F3N2O2/c21-20(22,23)17-8-4-3-7-16(17)18-13-14-5-1-2-6-15(14)19(24-18)25(9-11-26)10-12-27/h1-8,13,19,24,26-27H,9-12H2. The van der Waals surface area contributed by atoms with E-state index < -0.39 is 17.9 Å². The van der Waals surface area contributed by atoms with Crippen molar-refractivity contribution in [2.24, 2.45) is 0 Å². The van der Waals surface area contributed by atoms with Gasteiger partial charge in [-0.25, -0.2) is 0 Å². The number of aliphatic hydroxyl groups excluding tert-OH is 2. The molecule has 0 saturated carbocycles. The Morgan fingerprint density at radius 1 is 0.926 bits per heavy atom. The van der Waals surface area contributed by atoms with Crippen molar-refractivity contribution >= 4 is 11.8 Å². The Kier molecular flexibility index (Phi) is 5.84. The summed E-state index contributed by atoms with van der Waals surface area (Å²) in [6.07, 6.45) is -3.23. The summed E-state index contributed by atoms with van der Waals surface area (Å²) in [6.45, 7) is 0.304. The van der Waals surface area contributed by atoms with Crippen LogP contribution in [0.1, 0.15) is 28.4 Å². The van der Waals surface area contributed by atoms with Crippen LogP contribution in [-0.4, -0.2) is 41.4 Å². The fourth-order valence-electron chi connectivity index (χ4n) is 3.35. The van der Waals surface area contributed by atoms with Crippen molar-refractivity contribution in [2.45, 2.75) is 12.3 Å². The van der Waals surface area contributed by atoms with Gasteiger partial charge in [-0.3, -0.25) is 4.90 Å². The lowest BCUT2D eigenvalue weighted by atomic mass is 9.94. The average molecular weight is 378 g/mol. The van der Waals surface area contributed by atoms with E-state index >= 15 is 0 Å². The molecule has 2 aromatic rings. The van der Waals surface area contributed by atoms with Crippen molar-refractivity contribution in [1.29, 1.82) is 0 Å². The first-order valence-electron chi connectivity index (χ1n) is 8.65. The van der Waals surface area contributed by atoms with E-state index in [9.17, 15) is 23.4 Å². The Labute approximate surface area is 155 Å². The number of nitrogens with one attached hydrogen (secondary N) is 1. The molecule has 0 bridgehead atoms. The topological polar surface area (TPSA) is 55.7 Å². The SMILES string of the molecule is OCCN(CCO)C1NC(c2ccccc2C(F)(F)F)=Cc2ccccc21. The first-order chi connectivity index (χ1) is 13.0. The predicted octanol–water partition coefficient (Wildman–Crippen LogP) is 3.09. The van der Waals surface area contributed by atoms with Gasteiger partial charge >= 0.3 is 6.18 Å². The van der Waals surface area contributed by atoms with Gasteiger partial charge in [0.05, 0.1) is 18.8 Å². The van der Waals surface area contributed by atoms with Gasteiger partial charge in [-0.15, -0.1) is 0 Å². The van der Waals surface area contributed by atoms with Crippen molar-refractivity contribution in [3.63, 3.8) is 0 Å². The minimum atomic E-state index is -4.47. The lowest BCUT2D eigenvalue weighted by molar-refractivity contribution is -0.137. The molecule has 1 aliphatic heterocycles. The third kappa shape index (κ3) is 4.16. The molecule has 7 heteroatoms. The van der Waals surface area contributed by atoms with E-state index in [0.29, 0.717) is 5.70 Å². The number of nitrogens with zero attached hydrogens (tertiary/aromatic N) is 1. The number of fused-ring (bicyclic) bond motifs is 1. The summed E-state index contributed by atoms with van der Waals surface area (Å²) < 4.78 is 40.4. The van der Waals surface area contributed by atoms with E-state index in [-0.39, 0.29) is 31.9 Å². The van der Waals surface area contributed by atoms with E-state index in [4.69, 9.17) is 0 Å². The van der Waals surface area contributed by atoms with E-state index in [2.05, 4.69) is 5.32 Å². The Morgan fingerprint density at radius 3 is 2.22 bits per heavy atom. The van der Waals surface area contributed by atoms with Crippen molar-refractivity contribution in [3.8, 4) is 0 Å². The summed E-state index contributed by atoms with van der Waals surface area (Å²) in [6, 6.07) is 12.8. The minimum absolute atomic E-state index is 0.0671. The number of rotatable bonds is 6. The van der Waals surface area contributed by atoms with Gasteiger partial charge in [0.25, 0.3) is 0 Å². The molecule has 4 nitrogen and oxygen atoms in total. The maximum atomic E-state index is 13.5. The molecule has 2 aromatic carbocycles. The fraction of sp³-hybridized carbons (Fsp3) is 0.300. The van der Waals surface area contributed by atoms with Gasteiger partial charge < -0.3 is 15.5 Å². The summed E-state index contributed by atoms with van der Waals surface area (Å²) in [7, 11) is 0. The molecule has 0 fully saturated rings. The van der Waals surface area contributed by atoms with E-state index in [1.165, 1.54) is 12.1 Å². The van der Waals surface area contributed by atoms with Crippen LogP contribution >= 0.6 is 0 Å². The smallest absolute Gasteiger partial charge is 0.395 e. The molecule has 1 unspecified atom stereocenters. The quantitative estimate of drug-likeness (QED) is 0.723. The molecule has 0 saturated heterocycles. The number of benzene rings is 2. The van der Waals surface area contributed by atoms with Crippen molar-refractivity contribution in [3.05, 3.63) is 70.8 Å². The largest absolute Gasteiger partial charge is 0.417 e. The molecule has 0 spiro atoms. The Balaban J connectivity index is 2.08. The van der Waals surface area contributed by atoms with Crippen LogP contribution in [0.15, 0.2) is 48.5 Å². The zero-order valence-corrected chi connectivity index (χ0v) is 14.6. The fourth-order valence-corrected chi connectivity index (χ4v) is 3.35. The summed E-state index contributed by atoms with van der Waals surface area (Å²) in [5, 5.41) is 21.9. The number of aliphatic hydroxyl groups is 2. The van der Waals surface area contributed by atoms with Gasteiger partial charge in [0.2, 0.25) is 0 Å². The van der Waals surface area contributed by atoms with Gasteiger partial charge in [-0.05, 0) is 23.3 Å². The second-order valence-corrected chi connectivity index (χ2v) is 6.26. The van der Waals surface area contributed by atoms with Crippen LogP contribution < -0.4 is 5.32 Å². The molecule has 1 aliphatic rings. The molecule has 0 aromatic heterocycles. The molecule has 0 amide bonds. The lowest BCUT2D eigenvalue weighted by Crippen LogP contribution is -2.42. The van der Waals surface area contributed by atoms with Crippen LogP contribution in [0.25, 0.3) is 11.8 Å². The highest BCUT2D eigenvalue weighted by Crippen LogP contribution is 2.38. The molecule has 3 N–H and O–H groups in total.